The third-order valence-electron chi connectivity index (χ3n) is 4.58. The summed E-state index contributed by atoms with van der Waals surface area (Å²) in [6.45, 7) is 0. The zero-order valence-corrected chi connectivity index (χ0v) is 16.5. The molecule has 2 aromatic carbocycles. The van der Waals surface area contributed by atoms with Gasteiger partial charge in [-0.25, -0.2) is 23.1 Å². The van der Waals surface area contributed by atoms with Crippen LogP contribution in [-0.4, -0.2) is 44.5 Å². The summed E-state index contributed by atoms with van der Waals surface area (Å²) in [5, 5.41) is 5.15. The molecule has 0 aliphatic carbocycles. The summed E-state index contributed by atoms with van der Waals surface area (Å²) < 4.78 is 26.8. The van der Waals surface area contributed by atoms with E-state index in [0.717, 1.165) is 22.0 Å². The number of fused-ring (bicyclic) bond motifs is 3. The van der Waals surface area contributed by atoms with Gasteiger partial charge in [0.1, 0.15) is 17.8 Å². The monoisotopic (exact) mass is 396 g/mol. The quantitative estimate of drug-likeness (QED) is 0.479. The van der Waals surface area contributed by atoms with Gasteiger partial charge in [0.05, 0.1) is 21.7 Å². The Balaban J connectivity index is 1.90. The van der Waals surface area contributed by atoms with Gasteiger partial charge < -0.3 is 15.2 Å². The first-order chi connectivity index (χ1) is 13.4. The summed E-state index contributed by atoms with van der Waals surface area (Å²) in [5.41, 5.74) is 3.14. The van der Waals surface area contributed by atoms with Crippen molar-refractivity contribution in [2.24, 2.45) is 0 Å². The van der Waals surface area contributed by atoms with E-state index in [-0.39, 0.29) is 4.90 Å². The van der Waals surface area contributed by atoms with Crippen LogP contribution in [0.5, 0.6) is 0 Å². The van der Waals surface area contributed by atoms with E-state index in [4.69, 9.17) is 0 Å². The minimum atomic E-state index is -3.57. The van der Waals surface area contributed by atoms with Gasteiger partial charge in [0.25, 0.3) is 0 Å². The third-order valence-corrected chi connectivity index (χ3v) is 5.99. The summed E-state index contributed by atoms with van der Waals surface area (Å²) in [7, 11) is 1.62. The Hall–Kier alpha value is -3.17. The highest BCUT2D eigenvalue weighted by molar-refractivity contribution is 7.89. The summed E-state index contributed by atoms with van der Waals surface area (Å²) in [6, 6.07) is 12.8. The lowest BCUT2D eigenvalue weighted by Gasteiger charge is -2.19. The van der Waals surface area contributed by atoms with Crippen LogP contribution in [0.25, 0.3) is 21.9 Å². The van der Waals surface area contributed by atoms with Gasteiger partial charge in [0, 0.05) is 25.0 Å². The number of para-hydroxylation sites is 1. The molecule has 144 valence electrons. The number of sulfonamides is 1. The van der Waals surface area contributed by atoms with Gasteiger partial charge in [-0.1, -0.05) is 18.2 Å². The van der Waals surface area contributed by atoms with Crippen molar-refractivity contribution in [1.82, 2.24) is 19.7 Å². The molecule has 4 aromatic rings. The molecule has 0 saturated carbocycles. The minimum Gasteiger partial charge on any atom is -0.376 e. The molecule has 0 amide bonds. The maximum Gasteiger partial charge on any atom is 0.240 e. The molecule has 0 saturated heterocycles. The second-order valence-electron chi connectivity index (χ2n) is 6.52. The molecule has 0 radical (unpaired) electrons. The average Bonchev–Trinajstić information content (AvgIpc) is 3.07. The molecule has 0 bridgehead atoms. The highest BCUT2D eigenvalue weighted by Gasteiger charge is 2.17. The highest BCUT2D eigenvalue weighted by Crippen LogP contribution is 2.34. The molecule has 8 nitrogen and oxygen atoms in total. The molecule has 0 aliphatic heterocycles. The Morgan fingerprint density at radius 3 is 2.61 bits per heavy atom. The molecule has 2 aromatic heterocycles. The molecule has 9 heteroatoms. The SMILES string of the molecule is CNS(=O)(=O)c1ccc(N(C)C)c(Nc2ncnc3[nH]c4ccccc4c23)c1. The van der Waals surface area contributed by atoms with Crippen molar-refractivity contribution in [2.75, 3.05) is 31.4 Å². The highest BCUT2D eigenvalue weighted by atomic mass is 32.2. The molecule has 0 spiro atoms. The first-order valence-corrected chi connectivity index (χ1v) is 10.1. The predicted octanol–water partition coefficient (Wildman–Crippen LogP) is 2.83. The third kappa shape index (κ3) is 3.04. The second-order valence-corrected chi connectivity index (χ2v) is 8.41. The number of hydrogen-bond acceptors (Lipinski definition) is 6. The van der Waals surface area contributed by atoms with Gasteiger partial charge in [-0.15, -0.1) is 0 Å². The van der Waals surface area contributed by atoms with Crippen molar-refractivity contribution in [1.29, 1.82) is 0 Å². The van der Waals surface area contributed by atoms with Gasteiger partial charge in [-0.05, 0) is 31.3 Å². The summed E-state index contributed by atoms with van der Waals surface area (Å²) >= 11 is 0. The van der Waals surface area contributed by atoms with Crippen LogP contribution in [0.3, 0.4) is 0 Å². The average molecular weight is 396 g/mol. The number of aromatic amines is 1. The lowest BCUT2D eigenvalue weighted by atomic mass is 10.2. The van der Waals surface area contributed by atoms with Crippen LogP contribution >= 0.6 is 0 Å². The fourth-order valence-corrected chi connectivity index (χ4v) is 3.94. The molecule has 0 aliphatic rings. The van der Waals surface area contributed by atoms with Crippen LogP contribution in [-0.2, 0) is 10.0 Å². The van der Waals surface area contributed by atoms with Crippen LogP contribution < -0.4 is 14.9 Å². The number of hydrogen-bond donors (Lipinski definition) is 3. The Kier molecular flexibility index (Phi) is 4.40. The van der Waals surface area contributed by atoms with Crippen molar-refractivity contribution in [3.63, 3.8) is 0 Å². The fourth-order valence-electron chi connectivity index (χ4n) is 3.19. The van der Waals surface area contributed by atoms with E-state index in [2.05, 4.69) is 25.0 Å². The van der Waals surface area contributed by atoms with E-state index < -0.39 is 10.0 Å². The molecule has 28 heavy (non-hydrogen) atoms. The molecular formula is C19H20N6O2S. The maximum absolute atomic E-state index is 12.2. The lowest BCUT2D eigenvalue weighted by Crippen LogP contribution is -2.19. The number of aromatic nitrogens is 3. The smallest absolute Gasteiger partial charge is 0.240 e. The molecule has 0 unspecified atom stereocenters. The van der Waals surface area contributed by atoms with Gasteiger partial charge in [0.15, 0.2) is 0 Å². The molecular weight excluding hydrogens is 376 g/mol. The topological polar surface area (TPSA) is 103 Å². The number of rotatable bonds is 5. The lowest BCUT2D eigenvalue weighted by molar-refractivity contribution is 0.588. The zero-order valence-electron chi connectivity index (χ0n) is 15.7. The number of benzene rings is 2. The predicted molar refractivity (Wildman–Crippen MR) is 112 cm³/mol. The summed E-state index contributed by atoms with van der Waals surface area (Å²) in [6.07, 6.45) is 1.48. The maximum atomic E-state index is 12.2. The fraction of sp³-hybridized carbons (Fsp3) is 0.158. The van der Waals surface area contributed by atoms with Gasteiger partial charge in [-0.2, -0.15) is 0 Å². The van der Waals surface area contributed by atoms with Crippen LogP contribution in [0, 0.1) is 0 Å². The standard InChI is InChI=1S/C19H20N6O2S/c1-20-28(26,27)12-8-9-16(25(2)3)15(10-12)24-19-17-13-6-4-5-7-14(13)23-18(17)21-11-22-19/h4-11,20H,1-3H3,(H2,21,22,23,24). The zero-order chi connectivity index (χ0) is 19.9. The Morgan fingerprint density at radius 2 is 1.86 bits per heavy atom. The Bertz CT molecular complexity index is 1280. The van der Waals surface area contributed by atoms with Gasteiger partial charge >= 0.3 is 0 Å². The van der Waals surface area contributed by atoms with Crippen molar-refractivity contribution in [3.8, 4) is 0 Å². The van der Waals surface area contributed by atoms with Crippen LogP contribution in [0.2, 0.25) is 0 Å². The molecule has 0 fully saturated rings. The first-order valence-electron chi connectivity index (χ1n) is 8.64. The second kappa shape index (κ2) is 6.77. The van der Waals surface area contributed by atoms with Crippen molar-refractivity contribution >= 4 is 49.2 Å². The van der Waals surface area contributed by atoms with E-state index in [0.29, 0.717) is 17.2 Å². The van der Waals surface area contributed by atoms with Crippen molar-refractivity contribution in [2.45, 2.75) is 4.90 Å². The number of H-pyrrole nitrogens is 1. The molecule has 3 N–H and O–H groups in total. The number of nitrogens with one attached hydrogen (secondary N) is 3. The van der Waals surface area contributed by atoms with E-state index in [9.17, 15) is 8.42 Å². The molecule has 2 heterocycles. The largest absolute Gasteiger partial charge is 0.376 e. The van der Waals surface area contributed by atoms with E-state index in [1.54, 1.807) is 18.2 Å². The summed E-state index contributed by atoms with van der Waals surface area (Å²) in [4.78, 5) is 14.1. The molecule has 0 atom stereocenters. The van der Waals surface area contributed by atoms with Crippen LogP contribution in [0.15, 0.2) is 53.7 Å². The van der Waals surface area contributed by atoms with E-state index >= 15 is 0 Å². The first kappa shape index (κ1) is 18.2. The number of anilines is 3. The summed E-state index contributed by atoms with van der Waals surface area (Å²) in [5.74, 6) is 0.601. The Labute approximate surface area is 162 Å². The minimum absolute atomic E-state index is 0.173. The van der Waals surface area contributed by atoms with E-state index in [1.807, 2.05) is 43.3 Å². The number of nitrogens with zero attached hydrogens (tertiary/aromatic N) is 3. The molecule has 4 rings (SSSR count). The Morgan fingerprint density at radius 1 is 1.07 bits per heavy atom. The van der Waals surface area contributed by atoms with Gasteiger partial charge in [0.2, 0.25) is 10.0 Å². The normalized spacial score (nSPS) is 11.8. The van der Waals surface area contributed by atoms with Crippen molar-refractivity contribution < 1.29 is 8.42 Å². The van der Waals surface area contributed by atoms with Crippen molar-refractivity contribution in [3.05, 3.63) is 48.8 Å². The van der Waals surface area contributed by atoms with Gasteiger partial charge in [-0.3, -0.25) is 0 Å². The van der Waals surface area contributed by atoms with E-state index in [1.165, 1.54) is 13.4 Å². The van der Waals surface area contributed by atoms with Crippen LogP contribution in [0.4, 0.5) is 17.2 Å². The van der Waals surface area contributed by atoms with Crippen LogP contribution in [0.1, 0.15) is 0 Å².